The molecule has 1 rings (SSSR count). The van der Waals surface area contributed by atoms with Crippen LogP contribution in [0.1, 0.15) is 20.8 Å². The molecule has 1 aromatic carbocycles. The Bertz CT molecular complexity index is 393. The first kappa shape index (κ1) is 16.0. The van der Waals surface area contributed by atoms with E-state index in [1.807, 2.05) is 30.3 Å². The largest absolute Gasteiger partial charge is 0.491 e. The number of para-hydroxylation sites is 1. The third-order valence-corrected chi connectivity index (χ3v) is 8.13. The van der Waals surface area contributed by atoms with E-state index < -0.39 is 8.32 Å². The molecule has 0 aliphatic heterocycles. The lowest BCUT2D eigenvalue weighted by Crippen LogP contribution is -2.44. The minimum absolute atomic E-state index is 0.166. The Morgan fingerprint density at radius 1 is 1.21 bits per heavy atom. The van der Waals surface area contributed by atoms with Crippen molar-refractivity contribution in [3.63, 3.8) is 0 Å². The topological polar surface area (TPSA) is 18.5 Å². The van der Waals surface area contributed by atoms with Crippen molar-refractivity contribution in [1.82, 2.24) is 0 Å². The summed E-state index contributed by atoms with van der Waals surface area (Å²) in [5.41, 5.74) is 0. The van der Waals surface area contributed by atoms with Crippen molar-refractivity contribution in [3.05, 3.63) is 43.0 Å². The zero-order valence-electron chi connectivity index (χ0n) is 12.6. The van der Waals surface area contributed by atoms with Crippen molar-refractivity contribution in [1.29, 1.82) is 0 Å². The molecule has 1 aromatic rings. The van der Waals surface area contributed by atoms with Crippen LogP contribution in [0.2, 0.25) is 18.1 Å². The van der Waals surface area contributed by atoms with Crippen LogP contribution in [-0.2, 0) is 4.43 Å². The molecule has 0 N–H and O–H groups in total. The van der Waals surface area contributed by atoms with Crippen LogP contribution >= 0.6 is 0 Å². The van der Waals surface area contributed by atoms with Gasteiger partial charge < -0.3 is 9.16 Å². The van der Waals surface area contributed by atoms with Gasteiger partial charge >= 0.3 is 0 Å². The third kappa shape index (κ3) is 4.84. The van der Waals surface area contributed by atoms with E-state index in [-0.39, 0.29) is 11.1 Å². The molecule has 0 aromatic heterocycles. The molecule has 0 aliphatic carbocycles. The summed E-state index contributed by atoms with van der Waals surface area (Å²) in [5, 5.41) is 0.168. The highest BCUT2D eigenvalue weighted by atomic mass is 28.4. The fourth-order valence-corrected chi connectivity index (χ4v) is 2.64. The second-order valence-electron chi connectivity index (χ2n) is 6.23. The molecular weight excluding hydrogens is 252 g/mol. The van der Waals surface area contributed by atoms with Crippen LogP contribution in [0.5, 0.6) is 5.75 Å². The number of ether oxygens (including phenoxy) is 1. The average Bonchev–Trinajstić information content (AvgIpc) is 2.34. The smallest absolute Gasteiger partial charge is 0.193 e. The zero-order chi connectivity index (χ0) is 14.5. The van der Waals surface area contributed by atoms with Crippen LogP contribution in [-0.4, -0.2) is 21.0 Å². The van der Waals surface area contributed by atoms with Gasteiger partial charge in [0.25, 0.3) is 0 Å². The Morgan fingerprint density at radius 2 is 1.79 bits per heavy atom. The van der Waals surface area contributed by atoms with Crippen molar-refractivity contribution >= 4 is 8.32 Å². The standard InChI is InChI=1S/C16H25O2Si/c1-7-14(18-19(5,6)16(2,3)4)13-17-15-11-9-8-10-12-15/h1,7-12,14H,13H2,2-6H3. The highest BCUT2D eigenvalue weighted by Gasteiger charge is 2.38. The van der Waals surface area contributed by atoms with Crippen molar-refractivity contribution < 1.29 is 9.16 Å². The number of benzene rings is 1. The van der Waals surface area contributed by atoms with Crippen molar-refractivity contribution in [2.75, 3.05) is 6.61 Å². The lowest BCUT2D eigenvalue weighted by Gasteiger charge is -2.38. The summed E-state index contributed by atoms with van der Waals surface area (Å²) in [6, 6.07) is 9.72. The van der Waals surface area contributed by atoms with Crippen molar-refractivity contribution in [2.24, 2.45) is 0 Å². The van der Waals surface area contributed by atoms with Gasteiger partial charge in [0.2, 0.25) is 0 Å². The first-order chi connectivity index (χ1) is 8.76. The van der Waals surface area contributed by atoms with Crippen LogP contribution in [0.25, 0.3) is 0 Å². The Kier molecular flexibility index (Phi) is 5.38. The molecule has 19 heavy (non-hydrogen) atoms. The van der Waals surface area contributed by atoms with Crippen molar-refractivity contribution in [3.8, 4) is 5.75 Å². The number of hydrogen-bond acceptors (Lipinski definition) is 2. The van der Waals surface area contributed by atoms with Gasteiger partial charge in [-0.1, -0.05) is 51.6 Å². The molecule has 105 valence electrons. The van der Waals surface area contributed by atoms with E-state index in [0.29, 0.717) is 6.61 Å². The molecular formula is C16H25O2Si. The predicted molar refractivity (Wildman–Crippen MR) is 82.9 cm³/mol. The van der Waals surface area contributed by atoms with E-state index in [4.69, 9.17) is 15.7 Å². The maximum absolute atomic E-state index is 6.21. The Morgan fingerprint density at radius 3 is 2.26 bits per heavy atom. The van der Waals surface area contributed by atoms with Gasteiger partial charge in [-0.2, -0.15) is 0 Å². The summed E-state index contributed by atoms with van der Waals surface area (Å²) < 4.78 is 11.9. The summed E-state index contributed by atoms with van der Waals surface area (Å²) in [7, 11) is -1.82. The Hall–Kier alpha value is -1.06. The number of rotatable bonds is 6. The molecule has 0 heterocycles. The second kappa shape index (κ2) is 6.39. The molecule has 0 saturated heterocycles. The molecule has 0 fully saturated rings. The molecule has 1 unspecified atom stereocenters. The average molecular weight is 277 g/mol. The summed E-state index contributed by atoms with van der Waals surface area (Å²) >= 11 is 0. The molecule has 0 spiro atoms. The summed E-state index contributed by atoms with van der Waals surface area (Å²) in [4.78, 5) is 0. The van der Waals surface area contributed by atoms with Gasteiger partial charge in [-0.3, -0.25) is 0 Å². The first-order valence-corrected chi connectivity index (χ1v) is 9.58. The lowest BCUT2D eigenvalue weighted by atomic mass is 10.2. The van der Waals surface area contributed by atoms with E-state index in [9.17, 15) is 0 Å². The maximum Gasteiger partial charge on any atom is 0.193 e. The second-order valence-corrected chi connectivity index (χ2v) is 11.0. The van der Waals surface area contributed by atoms with Gasteiger partial charge in [0.15, 0.2) is 8.32 Å². The van der Waals surface area contributed by atoms with Gasteiger partial charge in [-0.15, -0.1) is 0 Å². The fourth-order valence-electron chi connectivity index (χ4n) is 1.38. The predicted octanol–water partition coefficient (Wildman–Crippen LogP) is 4.44. The van der Waals surface area contributed by atoms with E-state index in [2.05, 4.69) is 33.9 Å². The maximum atomic E-state index is 6.21. The van der Waals surface area contributed by atoms with Gasteiger partial charge in [-0.05, 0) is 30.3 Å². The van der Waals surface area contributed by atoms with Gasteiger partial charge in [0.05, 0.1) is 6.10 Å². The van der Waals surface area contributed by atoms with E-state index >= 15 is 0 Å². The monoisotopic (exact) mass is 277 g/mol. The van der Waals surface area contributed by atoms with Crippen LogP contribution < -0.4 is 4.74 Å². The molecule has 0 bridgehead atoms. The SMILES string of the molecule is [CH]=CC(COc1ccccc1)O[Si](C)(C)C(C)(C)C. The molecule has 1 radical (unpaired) electrons. The highest BCUT2D eigenvalue weighted by Crippen LogP contribution is 2.37. The van der Waals surface area contributed by atoms with Crippen LogP contribution in [0.4, 0.5) is 0 Å². The molecule has 2 nitrogen and oxygen atoms in total. The van der Waals surface area contributed by atoms with E-state index in [1.54, 1.807) is 6.08 Å². The molecule has 3 heteroatoms. The molecule has 1 atom stereocenters. The van der Waals surface area contributed by atoms with Crippen LogP contribution in [0.15, 0.2) is 36.4 Å². The molecule has 0 aliphatic rings. The van der Waals surface area contributed by atoms with E-state index in [0.717, 1.165) is 5.75 Å². The van der Waals surface area contributed by atoms with Gasteiger partial charge in [0, 0.05) is 0 Å². The highest BCUT2D eigenvalue weighted by molar-refractivity contribution is 6.74. The van der Waals surface area contributed by atoms with Crippen molar-refractivity contribution in [2.45, 2.75) is 45.0 Å². The Balaban J connectivity index is 2.58. The first-order valence-electron chi connectivity index (χ1n) is 6.67. The zero-order valence-corrected chi connectivity index (χ0v) is 13.6. The summed E-state index contributed by atoms with van der Waals surface area (Å²) in [5.74, 6) is 0.841. The fraction of sp³-hybridized carbons (Fsp3) is 0.500. The van der Waals surface area contributed by atoms with Gasteiger partial charge in [0.1, 0.15) is 12.4 Å². The van der Waals surface area contributed by atoms with Crippen LogP contribution in [0.3, 0.4) is 0 Å². The third-order valence-electron chi connectivity index (χ3n) is 3.62. The minimum atomic E-state index is -1.82. The molecule has 0 amide bonds. The summed E-state index contributed by atoms with van der Waals surface area (Å²) in [6.45, 7) is 17.2. The number of hydrogen-bond donors (Lipinski definition) is 0. The minimum Gasteiger partial charge on any atom is -0.491 e. The van der Waals surface area contributed by atoms with Gasteiger partial charge in [-0.25, -0.2) is 0 Å². The summed E-state index contributed by atoms with van der Waals surface area (Å²) in [6.07, 6.45) is 1.42. The Labute approximate surface area is 118 Å². The van der Waals surface area contributed by atoms with E-state index in [1.165, 1.54) is 0 Å². The normalized spacial score (nSPS) is 13.9. The molecule has 0 saturated carbocycles. The van der Waals surface area contributed by atoms with Crippen LogP contribution in [0, 0.1) is 6.58 Å². The quantitative estimate of drug-likeness (QED) is 0.715. The lowest BCUT2D eigenvalue weighted by molar-refractivity contribution is 0.150.